The van der Waals surface area contributed by atoms with Crippen molar-refractivity contribution in [2.75, 3.05) is 0 Å². The molecule has 0 saturated heterocycles. The first-order valence-corrected chi connectivity index (χ1v) is 7.75. The van der Waals surface area contributed by atoms with Crippen LogP contribution in [0.3, 0.4) is 0 Å². The van der Waals surface area contributed by atoms with E-state index in [2.05, 4.69) is 23.0 Å². The Labute approximate surface area is 123 Å². The molecule has 0 bridgehead atoms. The van der Waals surface area contributed by atoms with Crippen LogP contribution in [-0.4, -0.2) is 9.97 Å². The summed E-state index contributed by atoms with van der Waals surface area (Å²) in [5, 5.41) is 0.599. The summed E-state index contributed by atoms with van der Waals surface area (Å²) in [7, 11) is 0. The SMILES string of the molecule is CC1CC1c1ccc(-c2nc(Cl)c3c(n2)CCCC3)o1. The van der Waals surface area contributed by atoms with Gasteiger partial charge in [0.1, 0.15) is 10.9 Å². The molecule has 0 amide bonds. The molecule has 0 spiro atoms. The third kappa shape index (κ3) is 2.05. The van der Waals surface area contributed by atoms with E-state index in [0.717, 1.165) is 41.5 Å². The molecule has 0 aliphatic heterocycles. The summed E-state index contributed by atoms with van der Waals surface area (Å²) in [4.78, 5) is 9.10. The maximum atomic E-state index is 6.31. The zero-order valence-corrected chi connectivity index (χ0v) is 12.3. The third-order valence-electron chi connectivity index (χ3n) is 4.45. The zero-order chi connectivity index (χ0) is 13.7. The minimum atomic E-state index is 0.580. The highest BCUT2D eigenvalue weighted by Crippen LogP contribution is 2.48. The maximum absolute atomic E-state index is 6.31. The fourth-order valence-corrected chi connectivity index (χ4v) is 3.33. The molecule has 1 fully saturated rings. The van der Waals surface area contributed by atoms with Crippen LogP contribution in [0.5, 0.6) is 0 Å². The Bertz CT molecular complexity index is 664. The Balaban J connectivity index is 1.71. The normalized spacial score (nSPS) is 24.5. The number of hydrogen-bond donors (Lipinski definition) is 0. The maximum Gasteiger partial charge on any atom is 0.197 e. The molecule has 4 rings (SSSR count). The number of nitrogens with zero attached hydrogens (tertiary/aromatic N) is 2. The summed E-state index contributed by atoms with van der Waals surface area (Å²) < 4.78 is 5.93. The Hall–Kier alpha value is -1.35. The smallest absolute Gasteiger partial charge is 0.197 e. The number of rotatable bonds is 2. The summed E-state index contributed by atoms with van der Waals surface area (Å²) in [5.74, 6) is 3.76. The second-order valence-electron chi connectivity index (χ2n) is 5.99. The lowest BCUT2D eigenvalue weighted by molar-refractivity contribution is 0.514. The van der Waals surface area contributed by atoms with Gasteiger partial charge in [0, 0.05) is 17.2 Å². The van der Waals surface area contributed by atoms with E-state index in [-0.39, 0.29) is 0 Å². The average molecular weight is 289 g/mol. The molecule has 2 aromatic rings. The highest BCUT2D eigenvalue weighted by Gasteiger charge is 2.36. The lowest BCUT2D eigenvalue weighted by Crippen LogP contribution is -2.08. The van der Waals surface area contributed by atoms with Crippen LogP contribution in [0.2, 0.25) is 5.15 Å². The number of halogens is 1. The van der Waals surface area contributed by atoms with Crippen molar-refractivity contribution in [3.8, 4) is 11.6 Å². The highest BCUT2D eigenvalue weighted by atomic mass is 35.5. The lowest BCUT2D eigenvalue weighted by Gasteiger charge is -2.15. The summed E-state index contributed by atoms with van der Waals surface area (Å²) in [6.45, 7) is 2.25. The fraction of sp³-hybridized carbons (Fsp3) is 0.500. The number of aryl methyl sites for hydroxylation is 1. The number of fused-ring (bicyclic) bond motifs is 1. The van der Waals surface area contributed by atoms with E-state index in [1.807, 2.05) is 6.07 Å². The van der Waals surface area contributed by atoms with E-state index < -0.39 is 0 Å². The van der Waals surface area contributed by atoms with Crippen molar-refractivity contribution in [3.63, 3.8) is 0 Å². The molecule has 0 radical (unpaired) electrons. The third-order valence-corrected chi connectivity index (χ3v) is 4.77. The van der Waals surface area contributed by atoms with Gasteiger partial charge >= 0.3 is 0 Å². The van der Waals surface area contributed by atoms with Crippen molar-refractivity contribution >= 4 is 11.6 Å². The molecule has 1 saturated carbocycles. The van der Waals surface area contributed by atoms with Crippen molar-refractivity contribution in [1.29, 1.82) is 0 Å². The minimum absolute atomic E-state index is 0.580. The van der Waals surface area contributed by atoms with Gasteiger partial charge < -0.3 is 4.42 Å². The summed E-state index contributed by atoms with van der Waals surface area (Å²) >= 11 is 6.31. The molecule has 0 N–H and O–H groups in total. The van der Waals surface area contributed by atoms with Gasteiger partial charge in [0.15, 0.2) is 11.6 Å². The van der Waals surface area contributed by atoms with Gasteiger partial charge in [-0.25, -0.2) is 9.97 Å². The second kappa shape index (κ2) is 4.59. The predicted octanol–water partition coefficient (Wildman–Crippen LogP) is 4.39. The summed E-state index contributed by atoms with van der Waals surface area (Å²) in [6, 6.07) is 4.03. The summed E-state index contributed by atoms with van der Waals surface area (Å²) in [5.41, 5.74) is 2.23. The standard InChI is InChI=1S/C16H17ClN2O/c1-9-8-11(9)13-6-7-14(20-13)16-18-12-5-3-2-4-10(12)15(17)19-16/h6-7,9,11H,2-5,8H2,1H3. The molecule has 2 aliphatic rings. The molecular weight excluding hydrogens is 272 g/mol. The van der Waals surface area contributed by atoms with Crippen molar-refractivity contribution < 1.29 is 4.42 Å². The fourth-order valence-electron chi connectivity index (χ4n) is 3.05. The van der Waals surface area contributed by atoms with Crippen LogP contribution in [0, 0.1) is 5.92 Å². The Morgan fingerprint density at radius 3 is 2.80 bits per heavy atom. The first-order valence-electron chi connectivity index (χ1n) is 7.38. The van der Waals surface area contributed by atoms with Gasteiger partial charge in [0.2, 0.25) is 0 Å². The van der Waals surface area contributed by atoms with E-state index in [0.29, 0.717) is 16.9 Å². The van der Waals surface area contributed by atoms with Gasteiger partial charge in [-0.05, 0) is 50.2 Å². The van der Waals surface area contributed by atoms with Gasteiger partial charge in [-0.1, -0.05) is 18.5 Å². The van der Waals surface area contributed by atoms with E-state index in [9.17, 15) is 0 Å². The quantitative estimate of drug-likeness (QED) is 0.769. The largest absolute Gasteiger partial charge is 0.457 e. The van der Waals surface area contributed by atoms with Crippen LogP contribution in [0.1, 0.15) is 49.1 Å². The van der Waals surface area contributed by atoms with Crippen molar-refractivity contribution in [2.45, 2.75) is 44.9 Å². The van der Waals surface area contributed by atoms with Crippen molar-refractivity contribution in [2.24, 2.45) is 5.92 Å². The molecule has 2 atom stereocenters. The molecule has 4 heteroatoms. The molecule has 104 valence electrons. The second-order valence-corrected chi connectivity index (χ2v) is 6.35. The van der Waals surface area contributed by atoms with Crippen LogP contribution >= 0.6 is 11.6 Å². The molecule has 2 aromatic heterocycles. The van der Waals surface area contributed by atoms with Gasteiger partial charge in [-0.15, -0.1) is 0 Å². The van der Waals surface area contributed by atoms with Crippen LogP contribution in [0.15, 0.2) is 16.5 Å². The van der Waals surface area contributed by atoms with Crippen LogP contribution in [0.25, 0.3) is 11.6 Å². The molecular formula is C16H17ClN2O. The number of furan rings is 1. The topological polar surface area (TPSA) is 38.9 Å². The molecule has 2 heterocycles. The Kier molecular flexibility index (Phi) is 2.84. The first-order chi connectivity index (χ1) is 9.72. The predicted molar refractivity (Wildman–Crippen MR) is 77.9 cm³/mol. The number of aromatic nitrogens is 2. The van der Waals surface area contributed by atoms with E-state index in [1.54, 1.807) is 0 Å². The molecule has 2 unspecified atom stereocenters. The monoisotopic (exact) mass is 288 g/mol. The highest BCUT2D eigenvalue weighted by molar-refractivity contribution is 6.30. The van der Waals surface area contributed by atoms with Gasteiger partial charge in [0.25, 0.3) is 0 Å². The van der Waals surface area contributed by atoms with E-state index >= 15 is 0 Å². The minimum Gasteiger partial charge on any atom is -0.457 e. The van der Waals surface area contributed by atoms with Crippen molar-refractivity contribution in [1.82, 2.24) is 9.97 Å². The van der Waals surface area contributed by atoms with E-state index in [4.69, 9.17) is 16.0 Å². The van der Waals surface area contributed by atoms with Crippen LogP contribution in [0.4, 0.5) is 0 Å². The Morgan fingerprint density at radius 1 is 1.20 bits per heavy atom. The lowest BCUT2D eigenvalue weighted by atomic mass is 9.97. The van der Waals surface area contributed by atoms with Crippen LogP contribution < -0.4 is 0 Å². The van der Waals surface area contributed by atoms with Gasteiger partial charge in [-0.3, -0.25) is 0 Å². The van der Waals surface area contributed by atoms with E-state index in [1.165, 1.54) is 19.3 Å². The molecule has 0 aromatic carbocycles. The molecule has 3 nitrogen and oxygen atoms in total. The van der Waals surface area contributed by atoms with Crippen LogP contribution in [-0.2, 0) is 12.8 Å². The van der Waals surface area contributed by atoms with Gasteiger partial charge in [0.05, 0.1) is 0 Å². The van der Waals surface area contributed by atoms with Gasteiger partial charge in [-0.2, -0.15) is 0 Å². The first kappa shape index (κ1) is 12.4. The molecule has 2 aliphatic carbocycles. The Morgan fingerprint density at radius 2 is 2.00 bits per heavy atom. The zero-order valence-electron chi connectivity index (χ0n) is 11.5. The number of hydrogen-bond acceptors (Lipinski definition) is 3. The molecule has 20 heavy (non-hydrogen) atoms. The average Bonchev–Trinajstić information content (AvgIpc) is 3.00. The van der Waals surface area contributed by atoms with Crippen molar-refractivity contribution in [3.05, 3.63) is 34.3 Å². The summed E-state index contributed by atoms with van der Waals surface area (Å²) in [6.07, 6.45) is 5.58.